The molecule has 4 rings (SSSR count). The van der Waals surface area contributed by atoms with Crippen LogP contribution >= 0.6 is 0 Å². The summed E-state index contributed by atoms with van der Waals surface area (Å²) >= 11 is 0. The van der Waals surface area contributed by atoms with Crippen molar-refractivity contribution >= 4 is 17.8 Å². The third kappa shape index (κ3) is 4.06. The fraction of sp³-hybridized carbons (Fsp3) is 0.0476. The van der Waals surface area contributed by atoms with Crippen molar-refractivity contribution in [3.8, 4) is 16.8 Å². The van der Waals surface area contributed by atoms with E-state index in [1.165, 1.54) is 0 Å². The number of imidazole rings is 1. The van der Waals surface area contributed by atoms with Crippen molar-refractivity contribution in [2.75, 3.05) is 5.32 Å². The maximum absolute atomic E-state index is 12.8. The minimum atomic E-state index is -0.992. The number of aromatic nitrogens is 4. The highest BCUT2D eigenvalue weighted by Gasteiger charge is 2.16. The largest absolute Gasteiger partial charge is 0.481 e. The Morgan fingerprint density at radius 2 is 1.90 bits per heavy atom. The summed E-state index contributed by atoms with van der Waals surface area (Å²) in [6.45, 7) is 0. The van der Waals surface area contributed by atoms with Gasteiger partial charge in [-0.3, -0.25) is 24.6 Å². The first-order chi connectivity index (χ1) is 14.1. The molecule has 8 heteroatoms. The van der Waals surface area contributed by atoms with Crippen molar-refractivity contribution in [2.45, 2.75) is 6.42 Å². The number of aromatic amines is 1. The Morgan fingerprint density at radius 1 is 1.07 bits per heavy atom. The molecule has 0 fully saturated rings. The number of aliphatic carboxylic acids is 1. The number of nitrogens with one attached hydrogen (secondary N) is 2. The number of amides is 1. The average molecular weight is 387 g/mol. The van der Waals surface area contributed by atoms with Gasteiger partial charge in [-0.15, -0.1) is 0 Å². The predicted molar refractivity (Wildman–Crippen MR) is 107 cm³/mol. The number of rotatable bonds is 6. The second kappa shape index (κ2) is 7.81. The lowest BCUT2D eigenvalue weighted by Gasteiger charge is -2.09. The molecule has 0 aliphatic rings. The third-order valence-corrected chi connectivity index (χ3v) is 4.30. The van der Waals surface area contributed by atoms with E-state index >= 15 is 0 Å². The van der Waals surface area contributed by atoms with E-state index in [1.54, 1.807) is 41.4 Å². The first kappa shape index (κ1) is 18.2. The van der Waals surface area contributed by atoms with Crippen molar-refractivity contribution < 1.29 is 14.7 Å². The fourth-order valence-electron chi connectivity index (χ4n) is 2.97. The van der Waals surface area contributed by atoms with E-state index in [1.807, 2.05) is 36.4 Å². The van der Waals surface area contributed by atoms with E-state index in [4.69, 9.17) is 5.11 Å². The maximum Gasteiger partial charge on any atom is 0.309 e. The number of carbonyl (C=O) groups excluding carboxylic acids is 1. The van der Waals surface area contributed by atoms with Crippen LogP contribution in [0.15, 0.2) is 73.2 Å². The van der Waals surface area contributed by atoms with Crippen LogP contribution in [-0.4, -0.2) is 36.7 Å². The zero-order valence-electron chi connectivity index (χ0n) is 15.2. The van der Waals surface area contributed by atoms with Crippen molar-refractivity contribution in [2.24, 2.45) is 0 Å². The van der Waals surface area contributed by atoms with Crippen LogP contribution in [0.3, 0.4) is 0 Å². The molecule has 1 amide bonds. The first-order valence-electron chi connectivity index (χ1n) is 8.86. The molecule has 0 atom stereocenters. The van der Waals surface area contributed by atoms with E-state index in [-0.39, 0.29) is 18.3 Å². The molecule has 0 saturated heterocycles. The van der Waals surface area contributed by atoms with Gasteiger partial charge in [0.15, 0.2) is 0 Å². The number of para-hydroxylation sites is 1. The molecular weight excluding hydrogens is 370 g/mol. The van der Waals surface area contributed by atoms with Gasteiger partial charge in [0.2, 0.25) is 5.95 Å². The molecule has 0 aliphatic heterocycles. The third-order valence-electron chi connectivity index (χ3n) is 4.30. The molecule has 8 nitrogen and oxygen atoms in total. The number of carboxylic acid groups (broad SMARTS) is 1. The summed E-state index contributed by atoms with van der Waals surface area (Å²) in [6.07, 6.45) is 4.80. The van der Waals surface area contributed by atoms with Gasteiger partial charge in [0.25, 0.3) is 5.91 Å². The quantitative estimate of drug-likeness (QED) is 0.470. The molecule has 144 valence electrons. The molecule has 0 aliphatic carbocycles. The molecule has 29 heavy (non-hydrogen) atoms. The van der Waals surface area contributed by atoms with Gasteiger partial charge >= 0.3 is 5.97 Å². The lowest BCUT2D eigenvalue weighted by atomic mass is 10.1. The van der Waals surface area contributed by atoms with Gasteiger partial charge in [0.1, 0.15) is 0 Å². The highest BCUT2D eigenvalue weighted by atomic mass is 16.4. The zero-order valence-corrected chi connectivity index (χ0v) is 15.2. The van der Waals surface area contributed by atoms with E-state index in [0.29, 0.717) is 11.3 Å². The summed E-state index contributed by atoms with van der Waals surface area (Å²) in [5, 5.41) is 18.5. The molecule has 0 radical (unpaired) electrons. The van der Waals surface area contributed by atoms with Crippen LogP contribution in [0, 0.1) is 0 Å². The number of hydrogen-bond acceptors (Lipinski definition) is 4. The molecule has 4 aromatic rings. The molecule has 0 bridgehead atoms. The second-order valence-corrected chi connectivity index (χ2v) is 6.35. The number of carbonyl (C=O) groups is 2. The van der Waals surface area contributed by atoms with Crippen molar-refractivity contribution in [1.29, 1.82) is 0 Å². The molecule has 2 aromatic carbocycles. The van der Waals surface area contributed by atoms with Gasteiger partial charge in [-0.05, 0) is 29.8 Å². The summed E-state index contributed by atoms with van der Waals surface area (Å²) in [5.41, 5.74) is 3.28. The van der Waals surface area contributed by atoms with Gasteiger partial charge in [-0.2, -0.15) is 5.10 Å². The lowest BCUT2D eigenvalue weighted by Crippen LogP contribution is -2.15. The standard InChI is InChI=1S/C21H17N5O3/c27-19(28)10-17-13-26(18-7-2-1-3-8-18)21(24-17)25-20(29)15-6-4-5-14(9-15)16-11-22-23-12-16/h1-9,11-13H,10H2,(H,22,23)(H,27,28)(H,24,25,29). The minimum Gasteiger partial charge on any atom is -0.481 e. The molecule has 0 spiro atoms. The summed E-state index contributed by atoms with van der Waals surface area (Å²) in [4.78, 5) is 28.2. The Morgan fingerprint density at radius 3 is 2.62 bits per heavy atom. The van der Waals surface area contributed by atoms with Gasteiger partial charge in [-0.25, -0.2) is 4.98 Å². The average Bonchev–Trinajstić information content (AvgIpc) is 3.39. The summed E-state index contributed by atoms with van der Waals surface area (Å²) < 4.78 is 1.66. The maximum atomic E-state index is 12.8. The molecule has 0 saturated carbocycles. The highest BCUT2D eigenvalue weighted by Crippen LogP contribution is 2.21. The topological polar surface area (TPSA) is 113 Å². The van der Waals surface area contributed by atoms with Crippen LogP contribution in [0.25, 0.3) is 16.8 Å². The van der Waals surface area contributed by atoms with E-state index in [0.717, 1.165) is 16.8 Å². The molecular formula is C21H17N5O3. The fourth-order valence-corrected chi connectivity index (χ4v) is 2.97. The number of H-pyrrole nitrogens is 1. The van der Waals surface area contributed by atoms with Crippen molar-refractivity contribution in [3.05, 3.63) is 84.4 Å². The molecule has 3 N–H and O–H groups in total. The van der Waals surface area contributed by atoms with Crippen molar-refractivity contribution in [1.82, 2.24) is 19.7 Å². The molecule has 2 heterocycles. The van der Waals surface area contributed by atoms with E-state index in [9.17, 15) is 9.59 Å². The van der Waals surface area contributed by atoms with Crippen LogP contribution in [-0.2, 0) is 11.2 Å². The van der Waals surface area contributed by atoms with Gasteiger partial charge in [0.05, 0.1) is 18.3 Å². The van der Waals surface area contributed by atoms with Crippen LogP contribution < -0.4 is 5.32 Å². The smallest absolute Gasteiger partial charge is 0.309 e. The predicted octanol–water partition coefficient (Wildman–Crippen LogP) is 3.14. The Labute approximate surface area is 165 Å². The van der Waals surface area contributed by atoms with Gasteiger partial charge in [0, 0.05) is 29.2 Å². The number of hydrogen-bond donors (Lipinski definition) is 3. The Balaban J connectivity index is 1.65. The second-order valence-electron chi connectivity index (χ2n) is 6.35. The number of nitrogens with zero attached hydrogens (tertiary/aromatic N) is 3. The van der Waals surface area contributed by atoms with Crippen LogP contribution in [0.1, 0.15) is 16.1 Å². The monoisotopic (exact) mass is 387 g/mol. The first-order valence-corrected chi connectivity index (χ1v) is 8.86. The summed E-state index contributed by atoms with van der Waals surface area (Å²) in [6, 6.07) is 16.4. The van der Waals surface area contributed by atoms with E-state index in [2.05, 4.69) is 20.5 Å². The number of anilines is 1. The highest BCUT2D eigenvalue weighted by molar-refractivity contribution is 6.04. The Kier molecular flexibility index (Phi) is 4.90. The number of benzene rings is 2. The van der Waals surface area contributed by atoms with Gasteiger partial charge < -0.3 is 5.11 Å². The van der Waals surface area contributed by atoms with Crippen molar-refractivity contribution in [3.63, 3.8) is 0 Å². The normalized spacial score (nSPS) is 10.6. The number of carboxylic acids is 1. The SMILES string of the molecule is O=C(O)Cc1cn(-c2ccccc2)c(NC(=O)c2cccc(-c3cn[nH]c3)c2)n1. The summed E-state index contributed by atoms with van der Waals surface area (Å²) in [7, 11) is 0. The lowest BCUT2D eigenvalue weighted by molar-refractivity contribution is -0.136. The Hall–Kier alpha value is -4.20. The van der Waals surface area contributed by atoms with E-state index < -0.39 is 5.97 Å². The van der Waals surface area contributed by atoms with Crippen LogP contribution in [0.5, 0.6) is 0 Å². The zero-order chi connectivity index (χ0) is 20.2. The molecule has 0 unspecified atom stereocenters. The molecule has 2 aromatic heterocycles. The van der Waals surface area contributed by atoms with Crippen LogP contribution in [0.4, 0.5) is 5.95 Å². The summed E-state index contributed by atoms with van der Waals surface area (Å²) in [5.74, 6) is -1.08. The van der Waals surface area contributed by atoms with Crippen LogP contribution in [0.2, 0.25) is 0 Å². The Bertz CT molecular complexity index is 1150. The minimum absolute atomic E-state index is 0.237. The van der Waals surface area contributed by atoms with Gasteiger partial charge in [-0.1, -0.05) is 30.3 Å².